The maximum atomic E-state index is 6.89. The maximum absolute atomic E-state index is 6.89. The normalized spacial score (nSPS) is 17.1. The van der Waals surface area contributed by atoms with Crippen LogP contribution in [0.1, 0.15) is 30.5 Å². The average Bonchev–Trinajstić information content (AvgIpc) is 2.78. The molecule has 0 N–H and O–H groups in total. The monoisotopic (exact) mass is 416 g/mol. The second-order valence-corrected chi connectivity index (χ2v) is 8.91. The minimum atomic E-state index is -0.751. The van der Waals surface area contributed by atoms with Gasteiger partial charge in [0.25, 0.3) is 0 Å². The number of hydrogen-bond donors (Lipinski definition) is 0. The fraction of sp³-hybridized carbons (Fsp3) is 0.333. The molecule has 31 heavy (non-hydrogen) atoms. The third kappa shape index (κ3) is 3.77. The highest BCUT2D eigenvalue weighted by molar-refractivity contribution is 5.58. The maximum Gasteiger partial charge on any atom is 0.203 e. The van der Waals surface area contributed by atoms with Gasteiger partial charge in [0.2, 0.25) is 6.29 Å². The van der Waals surface area contributed by atoms with Crippen LogP contribution in [0.2, 0.25) is 0 Å². The summed E-state index contributed by atoms with van der Waals surface area (Å²) in [6, 6.07) is 25.5. The first-order valence-corrected chi connectivity index (χ1v) is 10.8. The molecule has 4 heteroatoms. The number of para-hydroxylation sites is 1. The number of rotatable bonds is 5. The van der Waals surface area contributed by atoms with Crippen LogP contribution >= 0.6 is 0 Å². The molecule has 0 aliphatic carbocycles. The van der Waals surface area contributed by atoms with E-state index in [1.165, 1.54) is 0 Å². The number of ether oxygens (including phenoxy) is 2. The Morgan fingerprint density at radius 3 is 1.65 bits per heavy atom. The number of anilines is 2. The van der Waals surface area contributed by atoms with Crippen molar-refractivity contribution in [1.82, 2.24) is 0 Å². The highest BCUT2D eigenvalue weighted by Crippen LogP contribution is 2.49. The molecule has 1 atom stereocenters. The lowest BCUT2D eigenvalue weighted by molar-refractivity contribution is -0.183. The van der Waals surface area contributed by atoms with Crippen LogP contribution in [0.25, 0.3) is 0 Å². The van der Waals surface area contributed by atoms with Crippen molar-refractivity contribution in [3.8, 4) is 5.75 Å². The second kappa shape index (κ2) is 8.27. The zero-order chi connectivity index (χ0) is 22.2. The van der Waals surface area contributed by atoms with E-state index in [9.17, 15) is 0 Å². The molecule has 0 spiro atoms. The van der Waals surface area contributed by atoms with E-state index < -0.39 is 5.60 Å². The topological polar surface area (TPSA) is 24.9 Å². The summed E-state index contributed by atoms with van der Waals surface area (Å²) in [5.74, 6) is 1.08. The summed E-state index contributed by atoms with van der Waals surface area (Å²) in [6.07, 6.45) is -0.350. The van der Waals surface area contributed by atoms with Crippen LogP contribution in [0, 0.1) is 5.92 Å². The average molecular weight is 417 g/mol. The Morgan fingerprint density at radius 1 is 0.710 bits per heavy atom. The molecule has 0 radical (unpaired) electrons. The molecule has 3 aromatic rings. The highest BCUT2D eigenvalue weighted by Gasteiger charge is 2.46. The lowest BCUT2D eigenvalue weighted by Gasteiger charge is -2.44. The summed E-state index contributed by atoms with van der Waals surface area (Å²) in [5.41, 5.74) is 4.78. The highest BCUT2D eigenvalue weighted by atomic mass is 16.7. The van der Waals surface area contributed by atoms with Gasteiger partial charge in [0.1, 0.15) is 5.75 Å². The van der Waals surface area contributed by atoms with Gasteiger partial charge in [-0.05, 0) is 41.5 Å². The summed E-state index contributed by atoms with van der Waals surface area (Å²) in [7, 11) is 8.22. The molecule has 0 fully saturated rings. The van der Waals surface area contributed by atoms with E-state index in [1.54, 1.807) is 0 Å². The summed E-state index contributed by atoms with van der Waals surface area (Å²) in [5, 5.41) is 0. The van der Waals surface area contributed by atoms with Crippen molar-refractivity contribution in [3.63, 3.8) is 0 Å². The largest absolute Gasteiger partial charge is 0.464 e. The molecule has 3 aromatic carbocycles. The quantitative estimate of drug-likeness (QED) is 0.548. The summed E-state index contributed by atoms with van der Waals surface area (Å²) in [4.78, 5) is 4.22. The summed E-state index contributed by atoms with van der Waals surface area (Å²) < 4.78 is 13.2. The first kappa shape index (κ1) is 21.3. The smallest absolute Gasteiger partial charge is 0.203 e. The molecule has 0 aromatic heterocycles. The van der Waals surface area contributed by atoms with E-state index in [4.69, 9.17) is 9.47 Å². The molecule has 1 unspecified atom stereocenters. The van der Waals surface area contributed by atoms with Crippen molar-refractivity contribution in [3.05, 3.63) is 89.5 Å². The van der Waals surface area contributed by atoms with Gasteiger partial charge in [0, 0.05) is 51.0 Å². The van der Waals surface area contributed by atoms with Crippen LogP contribution in [-0.4, -0.2) is 34.5 Å². The minimum absolute atomic E-state index is 0.204. The zero-order valence-corrected chi connectivity index (χ0v) is 19.3. The van der Waals surface area contributed by atoms with Gasteiger partial charge in [-0.25, -0.2) is 0 Å². The predicted octanol–water partition coefficient (Wildman–Crippen LogP) is 5.50. The Kier molecular flexibility index (Phi) is 5.67. The Morgan fingerprint density at radius 2 is 1.19 bits per heavy atom. The van der Waals surface area contributed by atoms with Gasteiger partial charge in [0.15, 0.2) is 5.60 Å². The number of nitrogens with zero attached hydrogens (tertiary/aromatic N) is 2. The molecule has 4 nitrogen and oxygen atoms in total. The predicted molar refractivity (Wildman–Crippen MR) is 128 cm³/mol. The minimum Gasteiger partial charge on any atom is -0.464 e. The SMILES string of the molecule is CC(C)C1Oc2ccccc2C(c2ccc(N(C)C)cc2)(c2ccc(N(C)C)cc2)O1. The number of hydrogen-bond acceptors (Lipinski definition) is 4. The van der Waals surface area contributed by atoms with Gasteiger partial charge in [0.05, 0.1) is 0 Å². The third-order valence-electron chi connectivity index (χ3n) is 5.93. The fourth-order valence-corrected chi connectivity index (χ4v) is 4.12. The van der Waals surface area contributed by atoms with Gasteiger partial charge < -0.3 is 19.3 Å². The second-order valence-electron chi connectivity index (χ2n) is 8.91. The van der Waals surface area contributed by atoms with Crippen molar-refractivity contribution in [1.29, 1.82) is 0 Å². The summed E-state index contributed by atoms with van der Waals surface area (Å²) in [6.45, 7) is 4.27. The van der Waals surface area contributed by atoms with E-state index >= 15 is 0 Å². The van der Waals surface area contributed by atoms with E-state index in [0.29, 0.717) is 0 Å². The van der Waals surface area contributed by atoms with Crippen LogP contribution < -0.4 is 14.5 Å². The molecule has 4 rings (SSSR count). The van der Waals surface area contributed by atoms with Crippen LogP contribution in [0.3, 0.4) is 0 Å². The van der Waals surface area contributed by atoms with Gasteiger partial charge in [-0.3, -0.25) is 0 Å². The van der Waals surface area contributed by atoms with Crippen LogP contribution in [0.4, 0.5) is 11.4 Å². The van der Waals surface area contributed by atoms with Gasteiger partial charge in [-0.2, -0.15) is 0 Å². The molecule has 1 heterocycles. The van der Waals surface area contributed by atoms with Crippen LogP contribution in [0.15, 0.2) is 72.8 Å². The van der Waals surface area contributed by atoms with Gasteiger partial charge in [-0.15, -0.1) is 0 Å². The third-order valence-corrected chi connectivity index (χ3v) is 5.93. The van der Waals surface area contributed by atoms with Crippen molar-refractivity contribution < 1.29 is 9.47 Å². The van der Waals surface area contributed by atoms with Gasteiger partial charge in [-0.1, -0.05) is 56.3 Å². The number of fused-ring (bicyclic) bond motifs is 1. The zero-order valence-electron chi connectivity index (χ0n) is 19.3. The van der Waals surface area contributed by atoms with Gasteiger partial charge >= 0.3 is 0 Å². The Hall–Kier alpha value is -2.98. The molecule has 0 bridgehead atoms. The van der Waals surface area contributed by atoms with E-state index in [-0.39, 0.29) is 12.2 Å². The van der Waals surface area contributed by atoms with Crippen molar-refractivity contribution in [2.24, 2.45) is 5.92 Å². The molecule has 1 aliphatic heterocycles. The molecular formula is C27H32N2O2. The first-order chi connectivity index (χ1) is 14.8. The van der Waals surface area contributed by atoms with E-state index in [0.717, 1.165) is 33.8 Å². The lowest BCUT2D eigenvalue weighted by Crippen LogP contribution is -2.45. The first-order valence-electron chi connectivity index (χ1n) is 10.8. The molecule has 0 saturated heterocycles. The molecular weight excluding hydrogens is 384 g/mol. The standard InChI is InChI=1S/C27H32N2O2/c1-19(2)26-30-25-10-8-7-9-24(25)27(31-26,20-11-15-22(16-12-20)28(3)4)21-13-17-23(18-14-21)29(5)6/h7-19,26H,1-6H3. The molecule has 1 aliphatic rings. The molecule has 0 amide bonds. The van der Waals surface area contributed by atoms with Crippen LogP contribution in [-0.2, 0) is 10.3 Å². The molecule has 0 saturated carbocycles. The van der Waals surface area contributed by atoms with Crippen molar-refractivity contribution >= 4 is 11.4 Å². The Labute approximate surface area is 186 Å². The van der Waals surface area contributed by atoms with Crippen LogP contribution in [0.5, 0.6) is 5.75 Å². The van der Waals surface area contributed by atoms with Crippen molar-refractivity contribution in [2.45, 2.75) is 25.7 Å². The lowest BCUT2D eigenvalue weighted by atomic mass is 9.78. The fourth-order valence-electron chi connectivity index (χ4n) is 4.12. The Balaban J connectivity index is 1.97. The molecule has 162 valence electrons. The van der Waals surface area contributed by atoms with Crippen molar-refractivity contribution in [2.75, 3.05) is 38.0 Å². The van der Waals surface area contributed by atoms with E-state index in [2.05, 4.69) is 113 Å². The Bertz CT molecular complexity index is 972. The number of benzene rings is 3. The summed E-state index contributed by atoms with van der Waals surface area (Å²) >= 11 is 0. The van der Waals surface area contributed by atoms with E-state index in [1.807, 2.05) is 12.1 Å².